The number of piperidine rings is 1. The first-order chi connectivity index (χ1) is 11.1. The fourth-order valence-electron chi connectivity index (χ4n) is 3.04. The highest BCUT2D eigenvalue weighted by atomic mass is 35.5. The number of aromatic amines is 1. The van der Waals surface area contributed by atoms with Gasteiger partial charge in [-0.25, -0.2) is 0 Å². The highest BCUT2D eigenvalue weighted by Gasteiger charge is 2.28. The largest absolute Gasteiger partial charge is 0.393 e. The minimum absolute atomic E-state index is 0.0472. The number of nitrogens with one attached hydrogen (secondary N) is 1. The quantitative estimate of drug-likeness (QED) is 0.907. The number of aromatic nitrogens is 2. The van der Waals surface area contributed by atoms with Gasteiger partial charge in [0.05, 0.1) is 23.6 Å². The first-order valence-electron chi connectivity index (χ1n) is 7.83. The Morgan fingerprint density at radius 2 is 2.17 bits per heavy atom. The predicted octanol–water partition coefficient (Wildman–Crippen LogP) is 2.96. The van der Waals surface area contributed by atoms with E-state index < -0.39 is 6.10 Å². The molecule has 0 bridgehead atoms. The highest BCUT2D eigenvalue weighted by Crippen LogP contribution is 2.26. The topological polar surface area (TPSA) is 69.2 Å². The molecular weight excluding hydrogens is 314 g/mol. The summed E-state index contributed by atoms with van der Waals surface area (Å²) in [5, 5.41) is 17.4. The van der Waals surface area contributed by atoms with Gasteiger partial charge in [-0.1, -0.05) is 23.7 Å². The number of aliphatic hydroxyl groups is 1. The summed E-state index contributed by atoms with van der Waals surface area (Å²) in [6.45, 7) is 3.09. The third kappa shape index (κ3) is 3.41. The van der Waals surface area contributed by atoms with E-state index in [0.717, 1.165) is 18.4 Å². The summed E-state index contributed by atoms with van der Waals surface area (Å²) in [7, 11) is 0. The summed E-state index contributed by atoms with van der Waals surface area (Å²) in [6, 6.07) is 7.30. The predicted molar refractivity (Wildman–Crippen MR) is 89.3 cm³/mol. The molecule has 23 heavy (non-hydrogen) atoms. The Labute approximate surface area is 140 Å². The second-order valence-corrected chi connectivity index (χ2v) is 6.50. The van der Waals surface area contributed by atoms with E-state index in [9.17, 15) is 9.90 Å². The average molecular weight is 334 g/mol. The van der Waals surface area contributed by atoms with Crippen LogP contribution in [0.1, 0.15) is 30.1 Å². The van der Waals surface area contributed by atoms with E-state index in [1.54, 1.807) is 25.3 Å². The maximum Gasteiger partial charge on any atom is 0.257 e. The number of carbonyl (C=O) groups is 1. The molecular formula is C17H20ClN3O2. The van der Waals surface area contributed by atoms with Crippen LogP contribution in [0, 0.1) is 5.92 Å². The van der Waals surface area contributed by atoms with Gasteiger partial charge in [-0.05, 0) is 31.9 Å². The maximum absolute atomic E-state index is 12.8. The number of rotatable bonds is 3. The van der Waals surface area contributed by atoms with E-state index in [4.69, 9.17) is 11.6 Å². The van der Waals surface area contributed by atoms with Crippen molar-refractivity contribution in [3.63, 3.8) is 0 Å². The van der Waals surface area contributed by atoms with Crippen LogP contribution in [0.25, 0.3) is 11.3 Å². The lowest BCUT2D eigenvalue weighted by atomic mass is 9.93. The lowest BCUT2D eigenvalue weighted by molar-refractivity contribution is 0.0466. The first-order valence-corrected chi connectivity index (χ1v) is 8.20. The van der Waals surface area contributed by atoms with E-state index in [1.165, 1.54) is 0 Å². The van der Waals surface area contributed by atoms with Gasteiger partial charge in [0.1, 0.15) is 0 Å². The van der Waals surface area contributed by atoms with Crippen molar-refractivity contribution in [2.75, 3.05) is 13.1 Å². The lowest BCUT2D eigenvalue weighted by Gasteiger charge is -2.34. The van der Waals surface area contributed by atoms with Crippen LogP contribution >= 0.6 is 11.6 Å². The van der Waals surface area contributed by atoms with E-state index in [-0.39, 0.29) is 11.8 Å². The van der Waals surface area contributed by atoms with E-state index in [0.29, 0.717) is 29.4 Å². The SMILES string of the molecule is CC(O)C1CCCN(C(=O)c2cn[nH]c2-c2ccc(Cl)cc2)C1. The van der Waals surface area contributed by atoms with Crippen molar-refractivity contribution in [1.82, 2.24) is 15.1 Å². The van der Waals surface area contributed by atoms with Crippen LogP contribution in [0.2, 0.25) is 5.02 Å². The molecule has 3 rings (SSSR count). The van der Waals surface area contributed by atoms with Gasteiger partial charge in [0.15, 0.2) is 0 Å². The molecule has 122 valence electrons. The van der Waals surface area contributed by atoms with Gasteiger partial charge in [-0.2, -0.15) is 5.10 Å². The van der Waals surface area contributed by atoms with Crippen LogP contribution in [0.3, 0.4) is 0 Å². The zero-order valence-electron chi connectivity index (χ0n) is 13.0. The fraction of sp³-hybridized carbons (Fsp3) is 0.412. The van der Waals surface area contributed by atoms with Crippen LogP contribution in [0.5, 0.6) is 0 Å². The minimum Gasteiger partial charge on any atom is -0.393 e. The summed E-state index contributed by atoms with van der Waals surface area (Å²) >= 11 is 5.92. The van der Waals surface area contributed by atoms with E-state index >= 15 is 0 Å². The molecule has 2 aromatic rings. The number of aliphatic hydroxyl groups excluding tert-OH is 1. The van der Waals surface area contributed by atoms with Crippen LogP contribution < -0.4 is 0 Å². The molecule has 0 saturated carbocycles. The maximum atomic E-state index is 12.8. The van der Waals surface area contributed by atoms with E-state index in [1.807, 2.05) is 17.0 Å². The molecule has 1 amide bonds. The molecule has 2 heterocycles. The van der Waals surface area contributed by atoms with Crippen molar-refractivity contribution in [1.29, 1.82) is 0 Å². The highest BCUT2D eigenvalue weighted by molar-refractivity contribution is 6.30. The average Bonchev–Trinajstić information content (AvgIpc) is 3.04. The number of hydrogen-bond donors (Lipinski definition) is 2. The second kappa shape index (κ2) is 6.72. The third-order valence-corrected chi connectivity index (χ3v) is 4.68. The molecule has 1 aliphatic heterocycles. The van der Waals surface area contributed by atoms with Crippen molar-refractivity contribution < 1.29 is 9.90 Å². The van der Waals surface area contributed by atoms with Gasteiger partial charge in [0.2, 0.25) is 0 Å². The fourth-order valence-corrected chi connectivity index (χ4v) is 3.17. The molecule has 1 aliphatic rings. The Morgan fingerprint density at radius 3 is 2.87 bits per heavy atom. The van der Waals surface area contributed by atoms with Gasteiger partial charge in [0, 0.05) is 29.6 Å². The molecule has 0 radical (unpaired) electrons. The molecule has 2 N–H and O–H groups in total. The van der Waals surface area contributed by atoms with Crippen molar-refractivity contribution in [3.05, 3.63) is 41.0 Å². The van der Waals surface area contributed by atoms with Gasteiger partial charge >= 0.3 is 0 Å². The summed E-state index contributed by atoms with van der Waals surface area (Å²) < 4.78 is 0. The van der Waals surface area contributed by atoms with Crippen LogP contribution in [-0.4, -0.2) is 45.3 Å². The molecule has 1 aromatic heterocycles. The molecule has 1 aromatic carbocycles. The Hall–Kier alpha value is -1.85. The molecule has 2 unspecified atom stereocenters. The van der Waals surface area contributed by atoms with Crippen molar-refractivity contribution >= 4 is 17.5 Å². The monoisotopic (exact) mass is 333 g/mol. The molecule has 0 spiro atoms. The second-order valence-electron chi connectivity index (χ2n) is 6.06. The number of halogens is 1. The summed E-state index contributed by atoms with van der Waals surface area (Å²) in [5.74, 6) is 0.0904. The van der Waals surface area contributed by atoms with Crippen molar-refractivity contribution in [2.24, 2.45) is 5.92 Å². The number of amides is 1. The van der Waals surface area contributed by atoms with E-state index in [2.05, 4.69) is 10.2 Å². The zero-order chi connectivity index (χ0) is 16.4. The Bertz CT molecular complexity index is 681. The molecule has 0 aliphatic carbocycles. The van der Waals surface area contributed by atoms with Crippen LogP contribution in [-0.2, 0) is 0 Å². The number of H-pyrrole nitrogens is 1. The molecule has 5 nitrogen and oxygen atoms in total. The first kappa shape index (κ1) is 16.0. The number of hydrogen-bond acceptors (Lipinski definition) is 3. The van der Waals surface area contributed by atoms with Crippen molar-refractivity contribution in [3.8, 4) is 11.3 Å². The number of carbonyl (C=O) groups excluding carboxylic acids is 1. The number of benzene rings is 1. The minimum atomic E-state index is -0.398. The van der Waals surface area contributed by atoms with Crippen molar-refractivity contribution in [2.45, 2.75) is 25.9 Å². The Balaban J connectivity index is 1.83. The standard InChI is InChI=1S/C17H20ClN3O2/c1-11(22)13-3-2-8-21(10-13)17(23)15-9-19-20-16(15)12-4-6-14(18)7-5-12/h4-7,9,11,13,22H,2-3,8,10H2,1H3,(H,19,20). The number of likely N-dealkylation sites (tertiary alicyclic amines) is 1. The van der Waals surface area contributed by atoms with Gasteiger partial charge in [-0.3, -0.25) is 9.89 Å². The molecule has 6 heteroatoms. The van der Waals surface area contributed by atoms with Crippen LogP contribution in [0.15, 0.2) is 30.5 Å². The lowest BCUT2D eigenvalue weighted by Crippen LogP contribution is -2.43. The van der Waals surface area contributed by atoms with Gasteiger partial charge in [-0.15, -0.1) is 0 Å². The summed E-state index contributed by atoms with van der Waals surface area (Å²) in [4.78, 5) is 14.7. The van der Waals surface area contributed by atoms with Crippen LogP contribution in [0.4, 0.5) is 0 Å². The van der Waals surface area contributed by atoms with Gasteiger partial charge in [0.25, 0.3) is 5.91 Å². The summed E-state index contributed by atoms with van der Waals surface area (Å²) in [6.07, 6.45) is 3.04. The Kier molecular flexibility index (Phi) is 4.68. The van der Waals surface area contributed by atoms with Gasteiger partial charge < -0.3 is 10.0 Å². The zero-order valence-corrected chi connectivity index (χ0v) is 13.8. The normalized spacial score (nSPS) is 19.6. The molecule has 2 atom stereocenters. The third-order valence-electron chi connectivity index (χ3n) is 4.43. The number of nitrogens with zero attached hydrogens (tertiary/aromatic N) is 2. The molecule has 1 saturated heterocycles. The molecule has 1 fully saturated rings. The smallest absolute Gasteiger partial charge is 0.257 e. The Morgan fingerprint density at radius 1 is 1.43 bits per heavy atom. The summed E-state index contributed by atoms with van der Waals surface area (Å²) in [5.41, 5.74) is 2.13.